The number of hydrogen-bond acceptors (Lipinski definition) is 1. The summed E-state index contributed by atoms with van der Waals surface area (Å²) in [5.74, 6) is 2.22. The van der Waals surface area contributed by atoms with Gasteiger partial charge in [-0.1, -0.05) is 82.3 Å². The summed E-state index contributed by atoms with van der Waals surface area (Å²) in [7, 11) is 0. The molecule has 0 saturated heterocycles. The smallest absolute Gasteiger partial charge is 0.0187 e. The van der Waals surface area contributed by atoms with Crippen molar-refractivity contribution in [3.05, 3.63) is 71.3 Å². The molecule has 0 unspecified atom stereocenters. The Bertz CT molecular complexity index is 595. The Morgan fingerprint density at radius 3 is 2.00 bits per heavy atom. The molecule has 0 aromatic heterocycles. The second kappa shape index (κ2) is 6.91. The van der Waals surface area contributed by atoms with E-state index in [-0.39, 0.29) is 10.8 Å². The summed E-state index contributed by atoms with van der Waals surface area (Å²) >= 11 is 2.05. The van der Waals surface area contributed by atoms with Crippen molar-refractivity contribution in [2.75, 3.05) is 5.75 Å². The Labute approximate surface area is 140 Å². The second-order valence-corrected chi connectivity index (χ2v) is 8.35. The molecule has 0 aliphatic heterocycles. The van der Waals surface area contributed by atoms with Crippen LogP contribution in [0.2, 0.25) is 0 Å². The highest BCUT2D eigenvalue weighted by Gasteiger charge is 2.38. The van der Waals surface area contributed by atoms with E-state index in [0.29, 0.717) is 0 Å². The maximum absolute atomic E-state index is 2.41. The molecule has 0 bridgehead atoms. The molecular weight excluding hydrogens is 284 g/mol. The largest absolute Gasteiger partial charge is 0.156 e. The predicted octanol–water partition coefficient (Wildman–Crippen LogP) is 6.23. The minimum Gasteiger partial charge on any atom is -0.156 e. The molecule has 0 spiro atoms. The summed E-state index contributed by atoms with van der Waals surface area (Å²) in [5.41, 5.74) is 4.69. The topological polar surface area (TPSA) is 0 Å². The van der Waals surface area contributed by atoms with Gasteiger partial charge in [-0.25, -0.2) is 0 Å². The molecule has 2 rings (SSSR count). The standard InChI is InChI=1S/C21H28S/c1-17-11-9-10-12-18(17)15-22-16-21(5,20(2,3)4)19-13-7-6-8-14-19/h6-14H,15-16H2,1-5H3/t21-/m1/s1. The second-order valence-electron chi connectivity index (χ2n) is 7.37. The summed E-state index contributed by atoms with van der Waals surface area (Å²) < 4.78 is 0. The fourth-order valence-electron chi connectivity index (χ4n) is 2.68. The zero-order valence-electron chi connectivity index (χ0n) is 14.5. The van der Waals surface area contributed by atoms with E-state index in [2.05, 4.69) is 89.2 Å². The van der Waals surface area contributed by atoms with Crippen molar-refractivity contribution in [3.8, 4) is 0 Å². The first-order chi connectivity index (χ1) is 10.3. The Morgan fingerprint density at radius 1 is 0.818 bits per heavy atom. The van der Waals surface area contributed by atoms with Crippen molar-refractivity contribution in [2.45, 2.75) is 45.8 Å². The van der Waals surface area contributed by atoms with E-state index < -0.39 is 0 Å². The Morgan fingerprint density at radius 2 is 1.41 bits per heavy atom. The van der Waals surface area contributed by atoms with Crippen LogP contribution < -0.4 is 0 Å². The van der Waals surface area contributed by atoms with Crippen LogP contribution in [0, 0.1) is 12.3 Å². The summed E-state index contributed by atoms with van der Waals surface area (Å²) in [6.45, 7) is 11.7. The van der Waals surface area contributed by atoms with E-state index in [1.54, 1.807) is 0 Å². The maximum Gasteiger partial charge on any atom is 0.0187 e. The molecule has 0 heterocycles. The predicted molar refractivity (Wildman–Crippen MR) is 101 cm³/mol. The lowest BCUT2D eigenvalue weighted by atomic mass is 9.65. The van der Waals surface area contributed by atoms with Gasteiger partial charge in [0.05, 0.1) is 0 Å². The number of hydrogen-bond donors (Lipinski definition) is 0. The normalized spacial score (nSPS) is 14.6. The van der Waals surface area contributed by atoms with Crippen molar-refractivity contribution in [2.24, 2.45) is 5.41 Å². The molecule has 0 nitrogen and oxygen atoms in total. The molecule has 22 heavy (non-hydrogen) atoms. The number of rotatable bonds is 5. The van der Waals surface area contributed by atoms with Crippen molar-refractivity contribution in [1.29, 1.82) is 0 Å². The summed E-state index contributed by atoms with van der Waals surface area (Å²) in [6, 6.07) is 19.7. The third-order valence-corrected chi connectivity index (χ3v) is 6.27. The monoisotopic (exact) mass is 312 g/mol. The SMILES string of the molecule is Cc1ccccc1CSC[C@](C)(c1ccccc1)C(C)(C)C. The molecule has 1 heteroatoms. The van der Waals surface area contributed by atoms with Crippen LogP contribution >= 0.6 is 11.8 Å². The van der Waals surface area contributed by atoms with E-state index in [4.69, 9.17) is 0 Å². The van der Waals surface area contributed by atoms with Gasteiger partial charge in [0.2, 0.25) is 0 Å². The number of thioether (sulfide) groups is 1. The molecule has 2 aromatic rings. The first-order valence-corrected chi connectivity index (χ1v) is 9.18. The maximum atomic E-state index is 2.41. The zero-order valence-corrected chi connectivity index (χ0v) is 15.3. The van der Waals surface area contributed by atoms with Crippen LogP contribution in [0.1, 0.15) is 44.4 Å². The van der Waals surface area contributed by atoms with Gasteiger partial charge in [-0.2, -0.15) is 11.8 Å². The Hall–Kier alpha value is -1.21. The van der Waals surface area contributed by atoms with Crippen LogP contribution in [0.3, 0.4) is 0 Å². The van der Waals surface area contributed by atoms with Crippen LogP contribution in [0.25, 0.3) is 0 Å². The highest BCUT2D eigenvalue weighted by molar-refractivity contribution is 7.98. The third kappa shape index (κ3) is 3.76. The van der Waals surface area contributed by atoms with Gasteiger partial charge in [0.25, 0.3) is 0 Å². The average molecular weight is 313 g/mol. The highest BCUT2D eigenvalue weighted by Crippen LogP contribution is 2.44. The molecule has 2 aromatic carbocycles. The van der Waals surface area contributed by atoms with Gasteiger partial charge in [-0.05, 0) is 29.0 Å². The molecule has 0 N–H and O–H groups in total. The molecular formula is C21H28S. The quantitative estimate of drug-likeness (QED) is 0.630. The molecule has 0 fully saturated rings. The van der Waals surface area contributed by atoms with Gasteiger partial charge in [0.15, 0.2) is 0 Å². The molecule has 0 aliphatic carbocycles. The minimum absolute atomic E-state index is 0.168. The van der Waals surface area contributed by atoms with Crippen molar-refractivity contribution < 1.29 is 0 Å². The molecule has 0 amide bonds. The lowest BCUT2D eigenvalue weighted by Crippen LogP contribution is -2.39. The van der Waals surface area contributed by atoms with Crippen molar-refractivity contribution >= 4 is 11.8 Å². The summed E-state index contributed by atoms with van der Waals surface area (Å²) in [6.07, 6.45) is 0. The molecule has 0 saturated carbocycles. The van der Waals surface area contributed by atoms with E-state index >= 15 is 0 Å². The fourth-order valence-corrected chi connectivity index (χ4v) is 4.33. The van der Waals surface area contributed by atoms with Gasteiger partial charge >= 0.3 is 0 Å². The minimum atomic E-state index is 0.168. The van der Waals surface area contributed by atoms with Crippen molar-refractivity contribution in [1.82, 2.24) is 0 Å². The fraction of sp³-hybridized carbons (Fsp3) is 0.429. The van der Waals surface area contributed by atoms with Crippen LogP contribution in [-0.2, 0) is 11.2 Å². The van der Waals surface area contributed by atoms with Gasteiger partial charge in [0.1, 0.15) is 0 Å². The molecule has 118 valence electrons. The van der Waals surface area contributed by atoms with E-state index in [1.807, 2.05) is 11.8 Å². The van der Waals surface area contributed by atoms with Crippen molar-refractivity contribution in [3.63, 3.8) is 0 Å². The van der Waals surface area contributed by atoms with Crippen LogP contribution in [0.5, 0.6) is 0 Å². The Kier molecular flexibility index (Phi) is 5.39. The van der Waals surface area contributed by atoms with Crippen LogP contribution in [0.4, 0.5) is 0 Å². The summed E-state index contributed by atoms with van der Waals surface area (Å²) in [5, 5.41) is 0. The van der Waals surface area contributed by atoms with Gasteiger partial charge in [0, 0.05) is 16.9 Å². The van der Waals surface area contributed by atoms with E-state index in [0.717, 1.165) is 11.5 Å². The summed E-state index contributed by atoms with van der Waals surface area (Å²) in [4.78, 5) is 0. The van der Waals surface area contributed by atoms with Crippen LogP contribution in [-0.4, -0.2) is 5.75 Å². The average Bonchev–Trinajstić information content (AvgIpc) is 2.49. The molecule has 0 aliphatic rings. The zero-order chi connectivity index (χ0) is 16.2. The van der Waals surface area contributed by atoms with E-state index in [9.17, 15) is 0 Å². The van der Waals surface area contributed by atoms with Gasteiger partial charge in [-0.15, -0.1) is 0 Å². The first kappa shape index (κ1) is 17.1. The van der Waals surface area contributed by atoms with E-state index in [1.165, 1.54) is 16.7 Å². The molecule has 1 atom stereocenters. The number of benzene rings is 2. The lowest BCUT2D eigenvalue weighted by Gasteiger charge is -2.42. The van der Waals surface area contributed by atoms with Gasteiger partial charge in [-0.3, -0.25) is 0 Å². The van der Waals surface area contributed by atoms with Gasteiger partial charge < -0.3 is 0 Å². The van der Waals surface area contributed by atoms with Crippen LogP contribution in [0.15, 0.2) is 54.6 Å². The third-order valence-electron chi connectivity index (χ3n) is 4.98. The molecule has 0 radical (unpaired) electrons. The number of aryl methyl sites for hydroxylation is 1. The highest BCUT2D eigenvalue weighted by atomic mass is 32.2. The first-order valence-electron chi connectivity index (χ1n) is 8.02. The Balaban J connectivity index is 2.14. The lowest BCUT2D eigenvalue weighted by molar-refractivity contribution is 0.231.